The van der Waals surface area contributed by atoms with Crippen LogP contribution in [0.25, 0.3) is 0 Å². The van der Waals surface area contributed by atoms with Crippen molar-refractivity contribution in [3.05, 3.63) is 108 Å². The summed E-state index contributed by atoms with van der Waals surface area (Å²) < 4.78 is 0.492. The summed E-state index contributed by atoms with van der Waals surface area (Å²) in [5.74, 6) is 0. The predicted molar refractivity (Wildman–Crippen MR) is 103 cm³/mol. The van der Waals surface area contributed by atoms with Crippen LogP contribution in [0.5, 0.6) is 0 Å². The van der Waals surface area contributed by atoms with Crippen LogP contribution in [0.15, 0.2) is 91.0 Å². The molecule has 0 spiro atoms. The molecule has 3 aromatic carbocycles. The summed E-state index contributed by atoms with van der Waals surface area (Å²) in [6, 6.07) is 32.7. The third-order valence-corrected chi connectivity index (χ3v) is 7.70. The second-order valence-electron chi connectivity index (χ2n) is 5.68. The van der Waals surface area contributed by atoms with Crippen LogP contribution >= 0.6 is 23.5 Å². The Bertz CT molecular complexity index is 693. The van der Waals surface area contributed by atoms with E-state index in [9.17, 15) is 0 Å². The quantitative estimate of drug-likeness (QED) is 0.526. The molecule has 4 rings (SSSR count). The number of rotatable bonds is 3. The van der Waals surface area contributed by atoms with Crippen LogP contribution in [0.1, 0.15) is 31.8 Å². The lowest BCUT2D eigenvalue weighted by atomic mass is 10.0. The van der Waals surface area contributed by atoms with E-state index < -0.39 is 0 Å². The minimum absolute atomic E-state index is 0.492. The molecule has 2 heteroatoms. The Morgan fingerprint density at radius 3 is 1.17 bits per heavy atom. The van der Waals surface area contributed by atoms with Gasteiger partial charge in [0.1, 0.15) is 0 Å². The van der Waals surface area contributed by atoms with Crippen molar-refractivity contribution < 1.29 is 0 Å². The van der Waals surface area contributed by atoms with Gasteiger partial charge in [-0.1, -0.05) is 91.0 Å². The van der Waals surface area contributed by atoms with E-state index in [0.717, 1.165) is 0 Å². The van der Waals surface area contributed by atoms with Crippen molar-refractivity contribution in [3.8, 4) is 0 Å². The van der Waals surface area contributed by atoms with E-state index in [1.165, 1.54) is 16.7 Å². The smallest absolute Gasteiger partial charge is 0.0764 e. The van der Waals surface area contributed by atoms with Crippen molar-refractivity contribution in [3.63, 3.8) is 0 Å². The lowest BCUT2D eigenvalue weighted by Gasteiger charge is -2.18. The molecule has 1 fully saturated rings. The van der Waals surface area contributed by atoms with Gasteiger partial charge >= 0.3 is 0 Å². The molecule has 0 aromatic heterocycles. The lowest BCUT2D eigenvalue weighted by Crippen LogP contribution is -1.99. The van der Waals surface area contributed by atoms with Crippen LogP contribution in [0.2, 0.25) is 0 Å². The molecular formula is C21H18S2. The number of benzene rings is 3. The molecule has 114 valence electrons. The Balaban J connectivity index is 1.70. The molecule has 0 nitrogen and oxygen atoms in total. The van der Waals surface area contributed by atoms with Crippen LogP contribution in [0, 0.1) is 0 Å². The zero-order valence-corrected chi connectivity index (χ0v) is 14.3. The lowest BCUT2D eigenvalue weighted by molar-refractivity contribution is 0.920. The average Bonchev–Trinajstić information content (AvgIpc) is 3.09. The Labute approximate surface area is 146 Å². The van der Waals surface area contributed by atoms with Crippen LogP contribution in [0.4, 0.5) is 0 Å². The fraction of sp³-hybridized carbons (Fsp3) is 0.143. The molecule has 1 unspecified atom stereocenters. The highest BCUT2D eigenvalue weighted by Gasteiger charge is 2.38. The summed E-state index contributed by atoms with van der Waals surface area (Å²) in [4.78, 5) is 0. The molecule has 0 N–H and O–H groups in total. The summed E-state index contributed by atoms with van der Waals surface area (Å²) in [7, 11) is 0. The highest BCUT2D eigenvalue weighted by molar-refractivity contribution is 8.19. The van der Waals surface area contributed by atoms with E-state index in [4.69, 9.17) is 0 Å². The van der Waals surface area contributed by atoms with Crippen molar-refractivity contribution in [1.29, 1.82) is 0 Å². The summed E-state index contributed by atoms with van der Waals surface area (Å²) in [6.07, 6.45) is 0. The van der Waals surface area contributed by atoms with Crippen LogP contribution in [-0.4, -0.2) is 0 Å². The van der Waals surface area contributed by atoms with Gasteiger partial charge in [0.15, 0.2) is 0 Å². The summed E-state index contributed by atoms with van der Waals surface area (Å²) >= 11 is 4.17. The maximum atomic E-state index is 2.27. The standard InChI is InChI=1S/C21H18S2/c1-4-10-16(11-5-1)19-20(17-12-6-2-7-13-17)23-21(22-19)18-14-8-3-9-15-18/h1-15,19-21H/t19-,20+,21?. The van der Waals surface area contributed by atoms with E-state index >= 15 is 0 Å². The van der Waals surface area contributed by atoms with E-state index in [0.29, 0.717) is 15.1 Å². The Morgan fingerprint density at radius 2 is 0.783 bits per heavy atom. The largest absolute Gasteiger partial charge is 0.133 e. The molecule has 1 saturated heterocycles. The van der Waals surface area contributed by atoms with Crippen molar-refractivity contribution in [2.24, 2.45) is 0 Å². The van der Waals surface area contributed by atoms with Crippen molar-refractivity contribution in [1.82, 2.24) is 0 Å². The average molecular weight is 335 g/mol. The van der Waals surface area contributed by atoms with E-state index in [2.05, 4.69) is 115 Å². The van der Waals surface area contributed by atoms with Gasteiger partial charge in [-0.15, -0.1) is 23.5 Å². The first kappa shape index (κ1) is 14.9. The SMILES string of the molecule is c1ccc(C2S[C@H](c3ccccc3)[C@H](c3ccccc3)S2)cc1. The highest BCUT2D eigenvalue weighted by Crippen LogP contribution is 2.66. The first-order chi connectivity index (χ1) is 11.4. The van der Waals surface area contributed by atoms with Crippen LogP contribution in [-0.2, 0) is 0 Å². The normalized spacial score (nSPS) is 23.7. The van der Waals surface area contributed by atoms with Crippen molar-refractivity contribution >= 4 is 23.5 Å². The minimum atomic E-state index is 0.492. The van der Waals surface area contributed by atoms with E-state index in [1.54, 1.807) is 0 Å². The molecule has 0 aliphatic carbocycles. The topological polar surface area (TPSA) is 0 Å². The predicted octanol–water partition coefficient (Wildman–Crippen LogP) is 6.65. The molecular weight excluding hydrogens is 316 g/mol. The first-order valence-corrected chi connectivity index (χ1v) is 9.76. The summed E-state index contributed by atoms with van der Waals surface area (Å²) in [5, 5.41) is 0.989. The van der Waals surface area contributed by atoms with E-state index in [1.807, 2.05) is 0 Å². The maximum absolute atomic E-state index is 2.27. The fourth-order valence-corrected chi connectivity index (χ4v) is 6.75. The number of hydrogen-bond acceptors (Lipinski definition) is 2. The summed E-state index contributed by atoms with van der Waals surface area (Å²) in [6.45, 7) is 0. The molecule has 0 radical (unpaired) electrons. The van der Waals surface area contributed by atoms with Gasteiger partial charge in [0.2, 0.25) is 0 Å². The monoisotopic (exact) mass is 334 g/mol. The highest BCUT2D eigenvalue weighted by atomic mass is 32.2. The van der Waals surface area contributed by atoms with Crippen molar-refractivity contribution in [2.45, 2.75) is 15.1 Å². The molecule has 3 aromatic rings. The number of thioether (sulfide) groups is 2. The van der Waals surface area contributed by atoms with Gasteiger partial charge in [-0.3, -0.25) is 0 Å². The summed E-state index contributed by atoms with van der Waals surface area (Å²) in [5.41, 5.74) is 4.27. The molecule has 3 atom stereocenters. The van der Waals surface area contributed by atoms with Crippen LogP contribution in [0.3, 0.4) is 0 Å². The molecule has 1 aliphatic heterocycles. The molecule has 23 heavy (non-hydrogen) atoms. The second kappa shape index (κ2) is 6.86. The molecule has 1 aliphatic rings. The maximum Gasteiger partial charge on any atom is 0.0764 e. The fourth-order valence-electron chi connectivity index (χ4n) is 3.00. The van der Waals surface area contributed by atoms with Gasteiger partial charge in [0.25, 0.3) is 0 Å². The number of hydrogen-bond donors (Lipinski definition) is 0. The second-order valence-corrected chi connectivity index (χ2v) is 8.48. The van der Waals surface area contributed by atoms with Gasteiger partial charge < -0.3 is 0 Å². The Hall–Kier alpha value is -1.64. The molecule has 1 heterocycles. The van der Waals surface area contributed by atoms with E-state index in [-0.39, 0.29) is 0 Å². The van der Waals surface area contributed by atoms with Gasteiger partial charge in [-0.25, -0.2) is 0 Å². The first-order valence-electron chi connectivity index (χ1n) is 7.87. The zero-order valence-electron chi connectivity index (χ0n) is 12.7. The third kappa shape index (κ3) is 3.19. The van der Waals surface area contributed by atoms with Gasteiger partial charge in [-0.2, -0.15) is 0 Å². The van der Waals surface area contributed by atoms with Gasteiger partial charge in [-0.05, 0) is 16.7 Å². The zero-order chi connectivity index (χ0) is 15.5. The Morgan fingerprint density at radius 1 is 0.435 bits per heavy atom. The third-order valence-electron chi connectivity index (χ3n) is 4.14. The molecule has 0 bridgehead atoms. The van der Waals surface area contributed by atoms with Crippen LogP contribution < -0.4 is 0 Å². The van der Waals surface area contributed by atoms with Gasteiger partial charge in [0.05, 0.1) is 4.58 Å². The molecule has 0 saturated carbocycles. The van der Waals surface area contributed by atoms with Gasteiger partial charge in [0, 0.05) is 10.5 Å². The Kier molecular flexibility index (Phi) is 4.45. The van der Waals surface area contributed by atoms with Crippen molar-refractivity contribution in [2.75, 3.05) is 0 Å². The minimum Gasteiger partial charge on any atom is -0.133 e. The molecule has 0 amide bonds.